The van der Waals surface area contributed by atoms with Crippen molar-refractivity contribution in [1.82, 2.24) is 14.6 Å². The Morgan fingerprint density at radius 3 is 2.19 bits per heavy atom. The van der Waals surface area contributed by atoms with Crippen molar-refractivity contribution in [3.8, 4) is 11.1 Å². The number of rotatable bonds is 3. The van der Waals surface area contributed by atoms with Gasteiger partial charge in [0.1, 0.15) is 0 Å². The van der Waals surface area contributed by atoms with Crippen LogP contribution in [0.3, 0.4) is 0 Å². The zero-order valence-corrected chi connectivity index (χ0v) is 16.4. The lowest BCUT2D eigenvalue weighted by Gasteiger charge is -2.07. The van der Waals surface area contributed by atoms with Crippen molar-refractivity contribution in [1.29, 1.82) is 0 Å². The van der Waals surface area contributed by atoms with Gasteiger partial charge >= 0.3 is 0 Å². The molecule has 27 heavy (non-hydrogen) atoms. The number of hydrogen-bond acceptors (Lipinski definition) is 2. The van der Waals surface area contributed by atoms with Crippen LogP contribution >= 0.6 is 23.2 Å². The first-order valence-corrected chi connectivity index (χ1v) is 9.31. The van der Waals surface area contributed by atoms with Crippen LogP contribution in [0.15, 0.2) is 53.3 Å². The minimum atomic E-state index is -0.0873. The molecule has 0 bridgehead atoms. The third-order valence-corrected chi connectivity index (χ3v) is 5.19. The molecule has 2 aromatic heterocycles. The first-order valence-electron chi connectivity index (χ1n) is 8.55. The summed E-state index contributed by atoms with van der Waals surface area (Å²) < 4.78 is 1.53. The predicted octanol–water partition coefficient (Wildman–Crippen LogP) is 5.20. The van der Waals surface area contributed by atoms with E-state index in [0.717, 1.165) is 28.1 Å². The predicted molar refractivity (Wildman–Crippen MR) is 110 cm³/mol. The SMILES string of the molecule is Cc1nc2c(-c3ccc(Cl)cc3)c(C)[nH]n2c(=O)c1Cc1ccc(Cl)cc1. The zero-order valence-electron chi connectivity index (χ0n) is 14.9. The fraction of sp³-hybridized carbons (Fsp3) is 0.143. The Morgan fingerprint density at radius 2 is 1.56 bits per heavy atom. The van der Waals surface area contributed by atoms with E-state index in [4.69, 9.17) is 28.2 Å². The van der Waals surface area contributed by atoms with Crippen molar-refractivity contribution < 1.29 is 0 Å². The lowest BCUT2D eigenvalue weighted by molar-refractivity contribution is 0.847. The molecule has 0 amide bonds. The molecule has 4 nitrogen and oxygen atoms in total. The zero-order chi connectivity index (χ0) is 19.1. The van der Waals surface area contributed by atoms with E-state index in [0.29, 0.717) is 27.7 Å². The fourth-order valence-corrected chi connectivity index (χ4v) is 3.55. The van der Waals surface area contributed by atoms with Crippen LogP contribution < -0.4 is 5.56 Å². The van der Waals surface area contributed by atoms with Crippen LogP contribution in [0.2, 0.25) is 10.0 Å². The van der Waals surface area contributed by atoms with Gasteiger partial charge in [-0.25, -0.2) is 9.50 Å². The second-order valence-electron chi connectivity index (χ2n) is 6.56. The number of H-pyrrole nitrogens is 1. The number of halogens is 2. The smallest absolute Gasteiger partial charge is 0.276 e. The van der Waals surface area contributed by atoms with E-state index < -0.39 is 0 Å². The quantitative estimate of drug-likeness (QED) is 0.516. The summed E-state index contributed by atoms with van der Waals surface area (Å²) in [6, 6.07) is 15.0. The molecular formula is C21H17Cl2N3O. The Hall–Kier alpha value is -2.56. The summed E-state index contributed by atoms with van der Waals surface area (Å²) in [5.41, 5.74) is 5.70. The maximum atomic E-state index is 13.1. The topological polar surface area (TPSA) is 50.2 Å². The number of aromatic nitrogens is 3. The van der Waals surface area contributed by atoms with E-state index in [1.165, 1.54) is 4.52 Å². The second kappa shape index (κ2) is 6.87. The van der Waals surface area contributed by atoms with Crippen molar-refractivity contribution in [3.63, 3.8) is 0 Å². The van der Waals surface area contributed by atoms with Crippen LogP contribution in [0.25, 0.3) is 16.8 Å². The first-order chi connectivity index (χ1) is 12.9. The summed E-state index contributed by atoms with van der Waals surface area (Å²) in [6.45, 7) is 3.81. The van der Waals surface area contributed by atoms with Gasteiger partial charge in [-0.2, -0.15) is 0 Å². The van der Waals surface area contributed by atoms with Crippen molar-refractivity contribution >= 4 is 28.8 Å². The van der Waals surface area contributed by atoms with Crippen LogP contribution in [-0.4, -0.2) is 14.6 Å². The van der Waals surface area contributed by atoms with Crippen molar-refractivity contribution in [3.05, 3.63) is 91.4 Å². The van der Waals surface area contributed by atoms with Crippen LogP contribution in [0, 0.1) is 13.8 Å². The molecule has 0 spiro atoms. The summed E-state index contributed by atoms with van der Waals surface area (Å²) in [5.74, 6) is 0. The third kappa shape index (κ3) is 3.27. The van der Waals surface area contributed by atoms with Crippen molar-refractivity contribution in [2.75, 3.05) is 0 Å². The van der Waals surface area contributed by atoms with Gasteiger partial charge in [0, 0.05) is 39.0 Å². The number of fused-ring (bicyclic) bond motifs is 1. The van der Waals surface area contributed by atoms with Gasteiger partial charge in [-0.1, -0.05) is 47.5 Å². The standard InChI is InChI=1S/C21H17Cl2N3O/c1-12-18(11-14-3-7-16(22)8-4-14)21(27)26-20(24-12)19(13(2)25-26)15-5-9-17(23)10-6-15/h3-10,25H,11H2,1-2H3. The average Bonchev–Trinajstić information content (AvgIpc) is 2.97. The number of nitrogens with one attached hydrogen (secondary N) is 1. The molecule has 0 fully saturated rings. The Bertz CT molecular complexity index is 1190. The largest absolute Gasteiger partial charge is 0.293 e. The van der Waals surface area contributed by atoms with Gasteiger partial charge in [0.05, 0.1) is 0 Å². The number of aryl methyl sites for hydroxylation is 2. The summed E-state index contributed by atoms with van der Waals surface area (Å²) in [7, 11) is 0. The maximum Gasteiger partial charge on any atom is 0.276 e. The molecule has 0 aliphatic carbocycles. The fourth-order valence-electron chi connectivity index (χ4n) is 3.30. The minimum absolute atomic E-state index is 0.0873. The van der Waals surface area contributed by atoms with Gasteiger partial charge in [0.15, 0.2) is 5.65 Å². The van der Waals surface area contributed by atoms with E-state index in [-0.39, 0.29) is 5.56 Å². The van der Waals surface area contributed by atoms with Crippen LogP contribution in [0.4, 0.5) is 0 Å². The van der Waals surface area contributed by atoms with Crippen LogP contribution in [0.1, 0.15) is 22.5 Å². The molecular weight excluding hydrogens is 381 g/mol. The van der Waals surface area contributed by atoms with E-state index in [2.05, 4.69) is 5.10 Å². The highest BCUT2D eigenvalue weighted by atomic mass is 35.5. The molecule has 0 radical (unpaired) electrons. The first kappa shape index (κ1) is 17.8. The summed E-state index contributed by atoms with van der Waals surface area (Å²) in [6.07, 6.45) is 0.506. The average molecular weight is 398 g/mol. The van der Waals surface area contributed by atoms with Crippen LogP contribution in [-0.2, 0) is 6.42 Å². The number of aromatic amines is 1. The highest BCUT2D eigenvalue weighted by Crippen LogP contribution is 2.28. The summed E-state index contributed by atoms with van der Waals surface area (Å²) >= 11 is 12.0. The second-order valence-corrected chi connectivity index (χ2v) is 7.43. The molecule has 0 aliphatic heterocycles. The lowest BCUT2D eigenvalue weighted by atomic mass is 10.0. The van der Waals surface area contributed by atoms with Gasteiger partial charge in [-0.15, -0.1) is 0 Å². The molecule has 1 N–H and O–H groups in total. The monoisotopic (exact) mass is 397 g/mol. The Morgan fingerprint density at radius 1 is 0.963 bits per heavy atom. The van der Waals surface area contributed by atoms with Crippen molar-refractivity contribution in [2.24, 2.45) is 0 Å². The van der Waals surface area contributed by atoms with Crippen molar-refractivity contribution in [2.45, 2.75) is 20.3 Å². The lowest BCUT2D eigenvalue weighted by Crippen LogP contribution is -2.22. The van der Waals surface area contributed by atoms with Gasteiger partial charge < -0.3 is 0 Å². The molecule has 0 aliphatic rings. The maximum absolute atomic E-state index is 13.1. The molecule has 0 saturated heterocycles. The van der Waals surface area contributed by atoms with Crippen LogP contribution in [0.5, 0.6) is 0 Å². The van der Waals surface area contributed by atoms with Gasteiger partial charge in [-0.05, 0) is 49.2 Å². The Labute approximate surface area is 166 Å². The molecule has 0 unspecified atom stereocenters. The van der Waals surface area contributed by atoms with E-state index >= 15 is 0 Å². The molecule has 4 rings (SSSR count). The summed E-state index contributed by atoms with van der Waals surface area (Å²) in [4.78, 5) is 17.9. The van der Waals surface area contributed by atoms with Gasteiger partial charge in [0.2, 0.25) is 0 Å². The molecule has 4 aromatic rings. The normalized spacial score (nSPS) is 11.3. The molecule has 0 saturated carbocycles. The van der Waals surface area contributed by atoms with Gasteiger partial charge in [-0.3, -0.25) is 9.89 Å². The highest BCUT2D eigenvalue weighted by Gasteiger charge is 2.17. The van der Waals surface area contributed by atoms with E-state index in [1.807, 2.05) is 62.4 Å². The summed E-state index contributed by atoms with van der Waals surface area (Å²) in [5, 5.41) is 4.50. The molecule has 2 heterocycles. The van der Waals surface area contributed by atoms with E-state index in [1.54, 1.807) is 0 Å². The molecule has 2 aromatic carbocycles. The third-order valence-electron chi connectivity index (χ3n) is 4.69. The molecule has 136 valence electrons. The highest BCUT2D eigenvalue weighted by molar-refractivity contribution is 6.30. The Balaban J connectivity index is 1.86. The number of benzene rings is 2. The molecule has 0 atom stereocenters. The number of hydrogen-bond donors (Lipinski definition) is 1. The van der Waals surface area contributed by atoms with E-state index in [9.17, 15) is 4.79 Å². The Kier molecular flexibility index (Phi) is 4.54. The molecule has 6 heteroatoms. The number of nitrogens with zero attached hydrogens (tertiary/aromatic N) is 2. The minimum Gasteiger partial charge on any atom is -0.293 e. The van der Waals surface area contributed by atoms with Gasteiger partial charge in [0.25, 0.3) is 5.56 Å².